The molecule has 0 aliphatic carbocycles. The zero-order valence-electron chi connectivity index (χ0n) is 9.06. The molecule has 1 saturated heterocycles. The maximum atomic E-state index is 11.4. The minimum Gasteiger partial charge on any atom is -0.461 e. The third-order valence-corrected chi connectivity index (χ3v) is 3.32. The first-order valence-electron chi connectivity index (χ1n) is 5.17. The van der Waals surface area contributed by atoms with Crippen LogP contribution in [0.4, 0.5) is 0 Å². The molecule has 0 spiro atoms. The van der Waals surface area contributed by atoms with Gasteiger partial charge in [-0.25, -0.2) is 9.78 Å². The Kier molecular flexibility index (Phi) is 5.18. The molecule has 0 saturated carbocycles. The molecule has 90 valence electrons. The van der Waals surface area contributed by atoms with Crippen LogP contribution in [0.1, 0.15) is 41.3 Å². The highest BCUT2D eigenvalue weighted by Gasteiger charge is 2.21. The van der Waals surface area contributed by atoms with Gasteiger partial charge in [0.15, 0.2) is 5.69 Å². The van der Waals surface area contributed by atoms with Crippen LogP contribution in [-0.4, -0.2) is 24.1 Å². The average molecular weight is 263 g/mol. The number of carbonyl (C=O) groups is 1. The van der Waals surface area contributed by atoms with Crippen molar-refractivity contribution in [2.24, 2.45) is 0 Å². The number of hydrogen-bond donors (Lipinski definition) is 1. The van der Waals surface area contributed by atoms with Gasteiger partial charge in [-0.3, -0.25) is 0 Å². The smallest absolute Gasteiger partial charge is 0.357 e. The molecule has 1 fully saturated rings. The number of halogens is 1. The number of hydrogen-bond acceptors (Lipinski definition) is 5. The Morgan fingerprint density at radius 3 is 3.19 bits per heavy atom. The van der Waals surface area contributed by atoms with E-state index in [1.807, 2.05) is 0 Å². The lowest BCUT2D eigenvalue weighted by atomic mass is 10.2. The fourth-order valence-electron chi connectivity index (χ4n) is 1.64. The van der Waals surface area contributed by atoms with Crippen LogP contribution in [0, 0.1) is 0 Å². The van der Waals surface area contributed by atoms with Gasteiger partial charge < -0.3 is 10.1 Å². The van der Waals surface area contributed by atoms with E-state index in [0.29, 0.717) is 18.3 Å². The molecule has 16 heavy (non-hydrogen) atoms. The lowest BCUT2D eigenvalue weighted by molar-refractivity contribution is 0.0520. The first-order valence-corrected chi connectivity index (χ1v) is 6.05. The van der Waals surface area contributed by atoms with E-state index in [9.17, 15) is 4.79 Å². The van der Waals surface area contributed by atoms with Crippen molar-refractivity contribution in [3.8, 4) is 0 Å². The van der Waals surface area contributed by atoms with E-state index in [2.05, 4.69) is 10.3 Å². The summed E-state index contributed by atoms with van der Waals surface area (Å²) < 4.78 is 4.89. The number of nitrogens with zero attached hydrogens (tertiary/aromatic N) is 1. The van der Waals surface area contributed by atoms with Crippen LogP contribution < -0.4 is 5.32 Å². The maximum absolute atomic E-state index is 11.4. The Hall–Kier alpha value is -0.650. The SMILES string of the molecule is CCOC(=O)c1csc([C@H]2CCCN2)n1.Cl. The zero-order valence-corrected chi connectivity index (χ0v) is 10.7. The standard InChI is InChI=1S/C10H14N2O2S.ClH/c1-2-14-10(13)8-6-15-9(12-8)7-4-3-5-11-7;/h6-7,11H,2-5H2,1H3;1H/t7-;/m1./s1. The average Bonchev–Trinajstić information content (AvgIpc) is 2.89. The molecule has 2 heterocycles. The van der Waals surface area contributed by atoms with Gasteiger partial charge in [-0.1, -0.05) is 0 Å². The highest BCUT2D eigenvalue weighted by Crippen LogP contribution is 2.25. The van der Waals surface area contributed by atoms with Crippen LogP contribution in [0.2, 0.25) is 0 Å². The van der Waals surface area contributed by atoms with E-state index < -0.39 is 0 Å². The van der Waals surface area contributed by atoms with Crippen molar-refractivity contribution in [3.63, 3.8) is 0 Å². The zero-order chi connectivity index (χ0) is 10.7. The second kappa shape index (κ2) is 6.18. The van der Waals surface area contributed by atoms with Gasteiger partial charge in [-0.2, -0.15) is 0 Å². The van der Waals surface area contributed by atoms with Crippen molar-refractivity contribution < 1.29 is 9.53 Å². The van der Waals surface area contributed by atoms with Gasteiger partial charge >= 0.3 is 5.97 Å². The second-order valence-corrected chi connectivity index (χ2v) is 4.33. The molecule has 0 radical (unpaired) electrons. The number of ether oxygens (including phenoxy) is 1. The topological polar surface area (TPSA) is 51.2 Å². The molecule has 0 amide bonds. The fourth-order valence-corrected chi connectivity index (χ4v) is 2.54. The molecule has 1 N–H and O–H groups in total. The number of esters is 1. The Morgan fingerprint density at radius 1 is 1.75 bits per heavy atom. The lowest BCUT2D eigenvalue weighted by Crippen LogP contribution is -2.13. The molecule has 2 rings (SSSR count). The molecular weight excluding hydrogens is 248 g/mol. The summed E-state index contributed by atoms with van der Waals surface area (Å²) in [6.45, 7) is 3.23. The molecule has 1 atom stereocenters. The third-order valence-electron chi connectivity index (χ3n) is 2.36. The van der Waals surface area contributed by atoms with Gasteiger partial charge in [0.25, 0.3) is 0 Å². The Labute approximate surface area is 105 Å². The van der Waals surface area contributed by atoms with E-state index in [1.165, 1.54) is 17.8 Å². The largest absolute Gasteiger partial charge is 0.461 e. The van der Waals surface area contributed by atoms with Crippen molar-refractivity contribution in [3.05, 3.63) is 16.1 Å². The summed E-state index contributed by atoms with van der Waals surface area (Å²) in [5.41, 5.74) is 0.436. The summed E-state index contributed by atoms with van der Waals surface area (Å²) in [7, 11) is 0. The van der Waals surface area contributed by atoms with Crippen LogP contribution >= 0.6 is 23.7 Å². The molecule has 0 bridgehead atoms. The molecule has 4 nitrogen and oxygen atoms in total. The van der Waals surface area contributed by atoms with E-state index in [-0.39, 0.29) is 18.4 Å². The quantitative estimate of drug-likeness (QED) is 0.849. The van der Waals surface area contributed by atoms with Crippen molar-refractivity contribution in [2.75, 3.05) is 13.2 Å². The van der Waals surface area contributed by atoms with E-state index >= 15 is 0 Å². The Bertz CT molecular complexity index is 350. The van der Waals surface area contributed by atoms with Crippen LogP contribution in [0.25, 0.3) is 0 Å². The molecule has 1 aromatic heterocycles. The predicted molar refractivity (Wildman–Crippen MR) is 65.3 cm³/mol. The number of carbonyl (C=O) groups excluding carboxylic acids is 1. The van der Waals surface area contributed by atoms with Crippen molar-refractivity contribution in [2.45, 2.75) is 25.8 Å². The number of aromatic nitrogens is 1. The monoisotopic (exact) mass is 262 g/mol. The summed E-state index contributed by atoms with van der Waals surface area (Å²) in [6.07, 6.45) is 2.29. The minimum atomic E-state index is -0.321. The predicted octanol–water partition coefficient (Wildman–Crippen LogP) is 2.17. The second-order valence-electron chi connectivity index (χ2n) is 3.44. The van der Waals surface area contributed by atoms with Crippen molar-refractivity contribution in [1.29, 1.82) is 0 Å². The van der Waals surface area contributed by atoms with Gasteiger partial charge in [0.2, 0.25) is 0 Å². The van der Waals surface area contributed by atoms with E-state index in [0.717, 1.165) is 18.0 Å². The number of thiazole rings is 1. The van der Waals surface area contributed by atoms with Gasteiger partial charge in [0, 0.05) is 5.38 Å². The molecule has 1 aliphatic rings. The minimum absolute atomic E-state index is 0. The van der Waals surface area contributed by atoms with Gasteiger partial charge in [0.05, 0.1) is 12.6 Å². The number of nitrogens with one attached hydrogen (secondary N) is 1. The lowest BCUT2D eigenvalue weighted by Gasteiger charge is -2.04. The van der Waals surface area contributed by atoms with E-state index in [4.69, 9.17) is 4.74 Å². The Balaban J connectivity index is 0.00000128. The normalized spacial score (nSPS) is 19.2. The van der Waals surface area contributed by atoms with E-state index in [1.54, 1.807) is 12.3 Å². The van der Waals surface area contributed by atoms with Gasteiger partial charge in [0.1, 0.15) is 5.01 Å². The first kappa shape index (κ1) is 13.4. The van der Waals surface area contributed by atoms with Crippen LogP contribution in [0.3, 0.4) is 0 Å². The van der Waals surface area contributed by atoms with Gasteiger partial charge in [-0.15, -0.1) is 23.7 Å². The summed E-state index contributed by atoms with van der Waals surface area (Å²) >= 11 is 1.53. The van der Waals surface area contributed by atoms with Crippen LogP contribution in [0.5, 0.6) is 0 Å². The highest BCUT2D eigenvalue weighted by atomic mass is 35.5. The Morgan fingerprint density at radius 2 is 2.56 bits per heavy atom. The first-order chi connectivity index (χ1) is 7.31. The summed E-state index contributed by atoms with van der Waals surface area (Å²) in [5.74, 6) is -0.321. The summed E-state index contributed by atoms with van der Waals surface area (Å²) in [5, 5.41) is 6.12. The maximum Gasteiger partial charge on any atom is 0.357 e. The summed E-state index contributed by atoms with van der Waals surface area (Å²) in [6, 6.07) is 0.332. The summed E-state index contributed by atoms with van der Waals surface area (Å²) in [4.78, 5) is 15.7. The van der Waals surface area contributed by atoms with Crippen LogP contribution in [0.15, 0.2) is 5.38 Å². The molecule has 1 aromatic rings. The molecule has 0 unspecified atom stereocenters. The molecular formula is C10H15ClN2O2S. The number of rotatable bonds is 3. The van der Waals surface area contributed by atoms with Crippen molar-refractivity contribution >= 4 is 29.7 Å². The molecule has 6 heteroatoms. The fraction of sp³-hybridized carbons (Fsp3) is 0.600. The third kappa shape index (κ3) is 2.93. The highest BCUT2D eigenvalue weighted by molar-refractivity contribution is 7.09. The molecule has 1 aliphatic heterocycles. The molecule has 0 aromatic carbocycles. The van der Waals surface area contributed by atoms with Gasteiger partial charge in [-0.05, 0) is 26.3 Å². The van der Waals surface area contributed by atoms with Crippen molar-refractivity contribution in [1.82, 2.24) is 10.3 Å². The van der Waals surface area contributed by atoms with Crippen LogP contribution in [-0.2, 0) is 4.74 Å².